The molecular weight excluding hydrogens is 228 g/mol. The van der Waals surface area contributed by atoms with Gasteiger partial charge in [0.25, 0.3) is 0 Å². The highest BCUT2D eigenvalue weighted by atomic mass is 16.4. The van der Waals surface area contributed by atoms with Gasteiger partial charge >= 0.3 is 0 Å². The largest absolute Gasteiger partial charge is 0.438 e. The van der Waals surface area contributed by atoms with Crippen molar-refractivity contribution >= 4 is 12.2 Å². The van der Waals surface area contributed by atoms with E-state index in [1.807, 2.05) is 18.2 Å². The van der Waals surface area contributed by atoms with E-state index in [-0.39, 0.29) is 0 Å². The monoisotopic (exact) mass is 244 g/mol. The third-order valence-corrected chi connectivity index (χ3v) is 2.84. The number of anilines is 1. The molecule has 0 aliphatic rings. The summed E-state index contributed by atoms with van der Waals surface area (Å²) in [5, 5.41) is 0. The number of carbonyl (C=O) groups is 1. The molecule has 0 bridgehead atoms. The molecule has 2 rings (SSSR count). The predicted molar refractivity (Wildman–Crippen MR) is 69.9 cm³/mol. The van der Waals surface area contributed by atoms with E-state index < -0.39 is 0 Å². The molecule has 18 heavy (non-hydrogen) atoms. The summed E-state index contributed by atoms with van der Waals surface area (Å²) in [5.41, 5.74) is 1.24. The summed E-state index contributed by atoms with van der Waals surface area (Å²) in [6, 6.07) is 7.54. The van der Waals surface area contributed by atoms with Gasteiger partial charge in [0, 0.05) is 31.5 Å². The molecule has 2 heterocycles. The van der Waals surface area contributed by atoms with Gasteiger partial charge in [-0.25, -0.2) is 0 Å². The van der Waals surface area contributed by atoms with E-state index in [1.54, 1.807) is 18.5 Å². The Labute approximate surface area is 106 Å². The van der Waals surface area contributed by atoms with E-state index >= 15 is 0 Å². The number of hydrogen-bond donors (Lipinski definition) is 0. The van der Waals surface area contributed by atoms with Crippen LogP contribution in [0, 0.1) is 0 Å². The normalized spacial score (nSPS) is 10.3. The van der Waals surface area contributed by atoms with Gasteiger partial charge in [-0.2, -0.15) is 0 Å². The molecule has 0 aliphatic heterocycles. The van der Waals surface area contributed by atoms with E-state index in [1.165, 1.54) is 5.56 Å². The van der Waals surface area contributed by atoms with Gasteiger partial charge in [0.2, 0.25) is 0 Å². The van der Waals surface area contributed by atoms with Crippen LogP contribution in [0.3, 0.4) is 0 Å². The van der Waals surface area contributed by atoms with Crippen LogP contribution in [-0.2, 0) is 6.42 Å². The Morgan fingerprint density at radius 1 is 1.28 bits per heavy atom. The van der Waals surface area contributed by atoms with Crippen molar-refractivity contribution in [3.8, 4) is 0 Å². The Balaban J connectivity index is 1.99. The maximum atomic E-state index is 10.6. The van der Waals surface area contributed by atoms with Crippen molar-refractivity contribution in [2.24, 2.45) is 0 Å². The SMILES string of the molecule is CCN(CCc1ccncc1)c1ccc(C=O)o1. The van der Waals surface area contributed by atoms with Crippen LogP contribution in [0.25, 0.3) is 0 Å². The van der Waals surface area contributed by atoms with Crippen molar-refractivity contribution in [2.45, 2.75) is 13.3 Å². The van der Waals surface area contributed by atoms with Gasteiger partial charge in [-0.3, -0.25) is 9.78 Å². The van der Waals surface area contributed by atoms with Crippen molar-refractivity contribution in [3.05, 3.63) is 48.0 Å². The Morgan fingerprint density at radius 2 is 2.06 bits per heavy atom. The van der Waals surface area contributed by atoms with E-state index in [9.17, 15) is 4.79 Å². The topological polar surface area (TPSA) is 46.3 Å². The summed E-state index contributed by atoms with van der Waals surface area (Å²) in [6.07, 6.45) is 5.24. The summed E-state index contributed by atoms with van der Waals surface area (Å²) in [7, 11) is 0. The van der Waals surface area contributed by atoms with Gasteiger partial charge < -0.3 is 9.32 Å². The number of rotatable bonds is 6. The smallest absolute Gasteiger partial charge is 0.196 e. The standard InChI is InChI=1S/C14H16N2O2/c1-2-16(14-4-3-13(11-17)18-14)10-7-12-5-8-15-9-6-12/h3-6,8-9,11H,2,7,10H2,1H3. The highest BCUT2D eigenvalue weighted by Crippen LogP contribution is 2.17. The number of nitrogens with zero attached hydrogens (tertiary/aromatic N) is 2. The first-order valence-electron chi connectivity index (χ1n) is 6.02. The lowest BCUT2D eigenvalue weighted by atomic mass is 10.2. The second-order valence-corrected chi connectivity index (χ2v) is 3.98. The van der Waals surface area contributed by atoms with Gasteiger partial charge in [0.05, 0.1) is 0 Å². The number of aromatic nitrogens is 1. The Hall–Kier alpha value is -2.10. The molecule has 0 spiro atoms. The summed E-state index contributed by atoms with van der Waals surface area (Å²) < 4.78 is 5.42. The molecule has 0 amide bonds. The molecule has 0 fully saturated rings. The summed E-state index contributed by atoms with van der Waals surface area (Å²) in [6.45, 7) is 3.76. The number of likely N-dealkylation sites (N-methyl/N-ethyl adjacent to an activating group) is 1. The first-order chi connectivity index (χ1) is 8.83. The first kappa shape index (κ1) is 12.4. The second kappa shape index (κ2) is 6.00. The molecule has 0 saturated carbocycles. The van der Waals surface area contributed by atoms with Crippen molar-refractivity contribution in [3.63, 3.8) is 0 Å². The van der Waals surface area contributed by atoms with Gasteiger partial charge in [-0.1, -0.05) is 0 Å². The quantitative estimate of drug-likeness (QED) is 0.733. The minimum Gasteiger partial charge on any atom is -0.438 e. The molecule has 94 valence electrons. The molecule has 2 aromatic rings. The second-order valence-electron chi connectivity index (χ2n) is 3.98. The van der Waals surface area contributed by atoms with Crippen LogP contribution in [-0.4, -0.2) is 24.4 Å². The zero-order chi connectivity index (χ0) is 12.8. The molecular formula is C14H16N2O2. The molecule has 0 atom stereocenters. The maximum Gasteiger partial charge on any atom is 0.196 e. The highest BCUT2D eigenvalue weighted by Gasteiger charge is 2.09. The Kier molecular flexibility index (Phi) is 4.12. The highest BCUT2D eigenvalue weighted by molar-refractivity contribution is 5.71. The van der Waals surface area contributed by atoms with Crippen LogP contribution in [0.15, 0.2) is 41.1 Å². The van der Waals surface area contributed by atoms with Crippen LogP contribution in [0.4, 0.5) is 5.88 Å². The molecule has 4 nitrogen and oxygen atoms in total. The van der Waals surface area contributed by atoms with Crippen LogP contribution in [0.5, 0.6) is 0 Å². The third-order valence-electron chi connectivity index (χ3n) is 2.84. The van der Waals surface area contributed by atoms with E-state index in [0.29, 0.717) is 5.76 Å². The van der Waals surface area contributed by atoms with Gasteiger partial charge in [-0.15, -0.1) is 0 Å². The van der Waals surface area contributed by atoms with Crippen LogP contribution < -0.4 is 4.90 Å². The number of aldehydes is 1. The lowest BCUT2D eigenvalue weighted by Crippen LogP contribution is -2.24. The molecule has 0 radical (unpaired) electrons. The third kappa shape index (κ3) is 2.97. The minimum atomic E-state index is 0.368. The van der Waals surface area contributed by atoms with Crippen molar-refractivity contribution in [1.29, 1.82) is 0 Å². The van der Waals surface area contributed by atoms with E-state index in [2.05, 4.69) is 16.8 Å². The lowest BCUT2D eigenvalue weighted by molar-refractivity contribution is 0.110. The fourth-order valence-electron chi connectivity index (χ4n) is 1.81. The van der Waals surface area contributed by atoms with E-state index in [0.717, 1.165) is 31.7 Å². The predicted octanol–water partition coefficient (Wildman–Crippen LogP) is 2.56. The summed E-state index contributed by atoms with van der Waals surface area (Å²) in [4.78, 5) is 16.7. The molecule has 0 N–H and O–H groups in total. The van der Waals surface area contributed by atoms with E-state index in [4.69, 9.17) is 4.42 Å². The van der Waals surface area contributed by atoms with Crippen LogP contribution in [0.2, 0.25) is 0 Å². The van der Waals surface area contributed by atoms with Crippen LogP contribution in [0.1, 0.15) is 23.0 Å². The first-order valence-corrected chi connectivity index (χ1v) is 6.02. The van der Waals surface area contributed by atoms with Crippen molar-refractivity contribution < 1.29 is 9.21 Å². The van der Waals surface area contributed by atoms with Crippen LogP contribution >= 0.6 is 0 Å². The summed E-state index contributed by atoms with van der Waals surface area (Å²) in [5.74, 6) is 1.11. The van der Waals surface area contributed by atoms with Gasteiger partial charge in [0.1, 0.15) is 0 Å². The molecule has 0 aliphatic carbocycles. The Morgan fingerprint density at radius 3 is 2.67 bits per heavy atom. The number of carbonyl (C=O) groups excluding carboxylic acids is 1. The van der Waals surface area contributed by atoms with Crippen molar-refractivity contribution in [1.82, 2.24) is 4.98 Å². The summed E-state index contributed by atoms with van der Waals surface area (Å²) >= 11 is 0. The average molecular weight is 244 g/mol. The lowest BCUT2D eigenvalue weighted by Gasteiger charge is -2.19. The number of hydrogen-bond acceptors (Lipinski definition) is 4. The molecule has 2 aromatic heterocycles. The maximum absolute atomic E-state index is 10.6. The zero-order valence-corrected chi connectivity index (χ0v) is 10.4. The molecule has 0 aromatic carbocycles. The van der Waals surface area contributed by atoms with Crippen molar-refractivity contribution in [2.75, 3.05) is 18.0 Å². The number of pyridine rings is 1. The minimum absolute atomic E-state index is 0.368. The molecule has 0 unspecified atom stereocenters. The molecule has 0 saturated heterocycles. The zero-order valence-electron chi connectivity index (χ0n) is 10.4. The molecule has 4 heteroatoms. The number of furan rings is 1. The van der Waals surface area contributed by atoms with Gasteiger partial charge in [0.15, 0.2) is 17.9 Å². The fraction of sp³-hybridized carbons (Fsp3) is 0.286. The fourth-order valence-corrected chi connectivity index (χ4v) is 1.81. The van der Waals surface area contributed by atoms with Gasteiger partial charge in [-0.05, 0) is 37.1 Å². The average Bonchev–Trinajstić information content (AvgIpc) is 2.89. The Bertz CT molecular complexity index is 494.